The van der Waals surface area contributed by atoms with Gasteiger partial charge in [0.2, 0.25) is 0 Å². The predicted octanol–water partition coefficient (Wildman–Crippen LogP) is 11.0. The van der Waals surface area contributed by atoms with Crippen molar-refractivity contribution >= 4 is 10.9 Å². The number of ether oxygens (including phenoxy) is 2. The number of nitrogens with zero attached hydrogens (tertiary/aromatic N) is 1. The fourth-order valence-corrected chi connectivity index (χ4v) is 7.00. The summed E-state index contributed by atoms with van der Waals surface area (Å²) in [6, 6.07) is 50.2. The standard InChI is InChI=1S/C42H27NO2/c1-42(2)34-20-10-8-16-28(34)33-24-39-40(25-35(33)42)44-38-22-12-19-31(41(38)45-39)27-15-6-7-17-29(27)37-23-32(26-13-4-3-5-14-26)30-18-9-11-21-36(30)43-37/h3-4,6-13,15-25H,1-2H3. The number of fused-ring (bicyclic) bond motifs is 6. The summed E-state index contributed by atoms with van der Waals surface area (Å²) in [4.78, 5) is 5.14. The molecule has 0 saturated carbocycles. The minimum atomic E-state index is -0.118. The number of rotatable bonds is 3. The topological polar surface area (TPSA) is 31.4 Å². The SMILES string of the molecule is CC1(C)c2ccccc2-c2cc3c(cc21)Oc1cccc(-c2ccccc2-c2cc(-c4c#cccc4)c4ccccc4n2)c1O3. The van der Waals surface area contributed by atoms with E-state index in [2.05, 4.69) is 117 Å². The van der Waals surface area contributed by atoms with Gasteiger partial charge in [0.25, 0.3) is 0 Å². The largest absolute Gasteiger partial charge is 0.449 e. The van der Waals surface area contributed by atoms with E-state index in [4.69, 9.17) is 14.5 Å². The maximum absolute atomic E-state index is 6.77. The molecule has 0 bridgehead atoms. The fraction of sp³-hybridized carbons (Fsp3) is 0.0714. The van der Waals surface area contributed by atoms with Gasteiger partial charge in [0.15, 0.2) is 23.0 Å². The summed E-state index contributed by atoms with van der Waals surface area (Å²) in [5, 5.41) is 1.08. The molecule has 7 aromatic rings. The van der Waals surface area contributed by atoms with Crippen LogP contribution in [-0.4, -0.2) is 4.98 Å². The third kappa shape index (κ3) is 3.89. The summed E-state index contributed by atoms with van der Waals surface area (Å²) in [7, 11) is 0. The molecule has 0 spiro atoms. The smallest absolute Gasteiger partial charge is 0.177 e. The van der Waals surface area contributed by atoms with Gasteiger partial charge in [-0.3, -0.25) is 0 Å². The number of benzene rings is 5. The van der Waals surface area contributed by atoms with Crippen LogP contribution in [-0.2, 0) is 5.41 Å². The van der Waals surface area contributed by atoms with Crippen LogP contribution in [0.15, 0.2) is 127 Å². The Labute approximate surface area is 262 Å². The summed E-state index contributed by atoms with van der Waals surface area (Å²) in [5.74, 6) is 2.87. The highest BCUT2D eigenvalue weighted by Crippen LogP contribution is 2.56. The maximum Gasteiger partial charge on any atom is 0.177 e. The molecular formula is C42H27NO2. The average Bonchev–Trinajstić information content (AvgIpc) is 3.31. The number of aromatic nitrogens is 1. The molecule has 3 nitrogen and oxygen atoms in total. The van der Waals surface area contributed by atoms with Crippen LogP contribution in [0.25, 0.3) is 55.5 Å². The molecule has 0 saturated heterocycles. The second-order valence-electron chi connectivity index (χ2n) is 12.2. The number of para-hydroxylation sites is 2. The first-order chi connectivity index (χ1) is 22.1. The Morgan fingerprint density at radius 1 is 0.556 bits per heavy atom. The number of pyridine rings is 1. The van der Waals surface area contributed by atoms with Crippen LogP contribution in [0.3, 0.4) is 0 Å². The zero-order chi connectivity index (χ0) is 30.1. The fourth-order valence-electron chi connectivity index (χ4n) is 7.00. The van der Waals surface area contributed by atoms with E-state index in [-0.39, 0.29) is 5.41 Å². The summed E-state index contributed by atoms with van der Waals surface area (Å²) in [5.41, 5.74) is 11.7. The molecule has 9 rings (SSSR count). The van der Waals surface area contributed by atoms with E-state index in [9.17, 15) is 0 Å². The highest BCUT2D eigenvalue weighted by Gasteiger charge is 2.37. The zero-order valence-electron chi connectivity index (χ0n) is 24.9. The van der Waals surface area contributed by atoms with E-state index in [0.717, 1.165) is 55.9 Å². The second-order valence-corrected chi connectivity index (χ2v) is 12.2. The van der Waals surface area contributed by atoms with Gasteiger partial charge in [-0.25, -0.2) is 4.98 Å². The Morgan fingerprint density at radius 2 is 1.31 bits per heavy atom. The quantitative estimate of drug-likeness (QED) is 0.209. The van der Waals surface area contributed by atoms with Crippen molar-refractivity contribution in [3.63, 3.8) is 0 Å². The van der Waals surface area contributed by atoms with E-state index in [1.807, 2.05) is 36.4 Å². The van der Waals surface area contributed by atoms with Crippen LogP contribution in [0, 0.1) is 12.1 Å². The third-order valence-corrected chi connectivity index (χ3v) is 9.21. The number of hydrogen-bond donors (Lipinski definition) is 0. The van der Waals surface area contributed by atoms with Crippen molar-refractivity contribution in [1.82, 2.24) is 4.98 Å². The molecule has 212 valence electrons. The molecule has 0 amide bonds. The molecular weight excluding hydrogens is 550 g/mol. The Bertz CT molecular complexity index is 2300. The summed E-state index contributed by atoms with van der Waals surface area (Å²) >= 11 is 0. The molecule has 0 unspecified atom stereocenters. The minimum Gasteiger partial charge on any atom is -0.449 e. The van der Waals surface area contributed by atoms with Crippen LogP contribution >= 0.6 is 0 Å². The van der Waals surface area contributed by atoms with E-state index in [1.54, 1.807) is 0 Å². The second kappa shape index (κ2) is 9.58. The number of hydrogen-bond acceptors (Lipinski definition) is 3. The third-order valence-electron chi connectivity index (χ3n) is 9.21. The Kier molecular flexibility index (Phi) is 5.45. The minimum absolute atomic E-state index is 0.118. The van der Waals surface area contributed by atoms with Crippen LogP contribution in [0.5, 0.6) is 23.0 Å². The Balaban J connectivity index is 1.19. The Hall–Kier alpha value is -5.85. The summed E-state index contributed by atoms with van der Waals surface area (Å²) in [6.07, 6.45) is 0. The van der Waals surface area contributed by atoms with Gasteiger partial charge in [-0.1, -0.05) is 111 Å². The molecule has 45 heavy (non-hydrogen) atoms. The predicted molar refractivity (Wildman–Crippen MR) is 180 cm³/mol. The van der Waals surface area contributed by atoms with Crippen molar-refractivity contribution < 1.29 is 9.47 Å². The lowest BCUT2D eigenvalue weighted by atomic mass is 9.82. The lowest BCUT2D eigenvalue weighted by molar-refractivity contribution is 0.360. The molecule has 0 atom stereocenters. The van der Waals surface area contributed by atoms with Gasteiger partial charge >= 0.3 is 0 Å². The van der Waals surface area contributed by atoms with Gasteiger partial charge in [-0.05, 0) is 70.3 Å². The van der Waals surface area contributed by atoms with Crippen LogP contribution in [0.1, 0.15) is 25.0 Å². The molecule has 1 aliphatic heterocycles. The summed E-state index contributed by atoms with van der Waals surface area (Å²) in [6.45, 7) is 4.55. The summed E-state index contributed by atoms with van der Waals surface area (Å²) < 4.78 is 13.4. The lowest BCUT2D eigenvalue weighted by Gasteiger charge is -2.26. The van der Waals surface area contributed by atoms with Gasteiger partial charge in [0, 0.05) is 33.1 Å². The van der Waals surface area contributed by atoms with Gasteiger partial charge in [0.1, 0.15) is 0 Å². The normalized spacial score (nSPS) is 13.5. The van der Waals surface area contributed by atoms with Crippen molar-refractivity contribution in [2.75, 3.05) is 0 Å². The van der Waals surface area contributed by atoms with Crippen molar-refractivity contribution in [2.45, 2.75) is 19.3 Å². The molecule has 2 aliphatic rings. The Morgan fingerprint density at radius 3 is 2.18 bits per heavy atom. The lowest BCUT2D eigenvalue weighted by Crippen LogP contribution is -2.15. The van der Waals surface area contributed by atoms with E-state index < -0.39 is 0 Å². The van der Waals surface area contributed by atoms with E-state index in [1.165, 1.54) is 22.3 Å². The molecule has 0 fully saturated rings. The van der Waals surface area contributed by atoms with Crippen LogP contribution in [0.2, 0.25) is 0 Å². The van der Waals surface area contributed by atoms with E-state index in [0.29, 0.717) is 11.5 Å². The van der Waals surface area contributed by atoms with Crippen molar-refractivity contribution in [3.05, 3.63) is 151 Å². The van der Waals surface area contributed by atoms with Gasteiger partial charge in [-0.2, -0.15) is 0 Å². The average molecular weight is 578 g/mol. The molecule has 3 heteroatoms. The highest BCUT2D eigenvalue weighted by atomic mass is 16.6. The van der Waals surface area contributed by atoms with Crippen LogP contribution in [0.4, 0.5) is 0 Å². The van der Waals surface area contributed by atoms with Crippen molar-refractivity contribution in [1.29, 1.82) is 0 Å². The molecule has 0 radical (unpaired) electrons. The zero-order valence-corrected chi connectivity index (χ0v) is 24.9. The monoisotopic (exact) mass is 577 g/mol. The molecule has 2 heterocycles. The first-order valence-corrected chi connectivity index (χ1v) is 15.2. The van der Waals surface area contributed by atoms with Gasteiger partial charge in [0.05, 0.1) is 11.2 Å². The first kappa shape index (κ1) is 25.6. The van der Waals surface area contributed by atoms with Crippen LogP contribution < -0.4 is 9.47 Å². The van der Waals surface area contributed by atoms with Crippen molar-refractivity contribution in [2.24, 2.45) is 0 Å². The highest BCUT2D eigenvalue weighted by molar-refractivity contribution is 5.98. The van der Waals surface area contributed by atoms with Crippen molar-refractivity contribution in [3.8, 4) is 67.6 Å². The molecule has 1 aromatic heterocycles. The molecule has 6 aromatic carbocycles. The van der Waals surface area contributed by atoms with E-state index >= 15 is 0 Å². The van der Waals surface area contributed by atoms with Gasteiger partial charge in [-0.15, -0.1) is 0 Å². The van der Waals surface area contributed by atoms with Gasteiger partial charge < -0.3 is 9.47 Å². The first-order valence-electron chi connectivity index (χ1n) is 15.2. The molecule has 1 aliphatic carbocycles. The maximum atomic E-state index is 6.77. The molecule has 0 N–H and O–H groups in total.